The molecule has 234 valence electrons. The molecule has 0 spiro atoms. The molecular weight excluding hydrogens is 595 g/mol. The van der Waals surface area contributed by atoms with Crippen LogP contribution in [0.15, 0.2) is 103 Å². The minimum atomic E-state index is -1.78. The molecular formula is C37H31BN2O7. The van der Waals surface area contributed by atoms with Gasteiger partial charge in [-0.1, -0.05) is 72.3 Å². The number of amides is 4. The van der Waals surface area contributed by atoms with Crippen LogP contribution in [0.3, 0.4) is 0 Å². The lowest BCUT2D eigenvalue weighted by atomic mass is 9.51. The number of fused-ring (bicyclic) bond motifs is 5. The van der Waals surface area contributed by atoms with Crippen LogP contribution in [-0.2, 0) is 19.2 Å². The quantitative estimate of drug-likeness (QED) is 0.179. The number of benzene rings is 4. The van der Waals surface area contributed by atoms with Crippen LogP contribution in [0.25, 0.3) is 10.8 Å². The van der Waals surface area contributed by atoms with Gasteiger partial charge in [0.2, 0.25) is 23.6 Å². The third kappa shape index (κ3) is 4.04. The highest BCUT2D eigenvalue weighted by molar-refractivity contribution is 6.58. The molecule has 8 rings (SSSR count). The van der Waals surface area contributed by atoms with E-state index in [2.05, 4.69) is 0 Å². The van der Waals surface area contributed by atoms with Gasteiger partial charge in [-0.3, -0.25) is 24.1 Å². The molecule has 0 bridgehead atoms. The van der Waals surface area contributed by atoms with E-state index in [-0.39, 0.29) is 41.6 Å². The molecule has 4 aromatic rings. The number of aromatic hydroxyl groups is 1. The van der Waals surface area contributed by atoms with Crippen LogP contribution < -0.4 is 15.3 Å². The topological polar surface area (TPSA) is 135 Å². The number of imide groups is 2. The van der Waals surface area contributed by atoms with E-state index in [0.717, 1.165) is 21.2 Å². The molecule has 1 saturated carbocycles. The molecule has 0 unspecified atom stereocenters. The molecule has 4 aromatic carbocycles. The maximum absolute atomic E-state index is 14.7. The zero-order valence-corrected chi connectivity index (χ0v) is 25.5. The molecule has 6 atom stereocenters. The molecule has 2 saturated heterocycles. The molecule has 3 fully saturated rings. The normalized spacial score (nSPS) is 28.3. The minimum absolute atomic E-state index is 0.00872. The van der Waals surface area contributed by atoms with Crippen molar-refractivity contribution in [1.29, 1.82) is 0 Å². The average molecular weight is 626 g/mol. The fourth-order valence-electron chi connectivity index (χ4n) is 8.81. The van der Waals surface area contributed by atoms with Gasteiger partial charge in [0, 0.05) is 11.5 Å². The van der Waals surface area contributed by atoms with Crippen LogP contribution in [0.2, 0.25) is 0 Å². The lowest BCUT2D eigenvalue weighted by Crippen LogP contribution is -2.49. The number of nitrogens with zero attached hydrogens (tertiary/aromatic N) is 2. The van der Waals surface area contributed by atoms with Crippen molar-refractivity contribution in [2.24, 2.45) is 29.1 Å². The van der Waals surface area contributed by atoms with Crippen molar-refractivity contribution in [2.75, 3.05) is 9.80 Å². The Kier molecular flexibility index (Phi) is 6.55. The van der Waals surface area contributed by atoms with Crippen LogP contribution in [-0.4, -0.2) is 45.9 Å². The summed E-state index contributed by atoms with van der Waals surface area (Å²) in [4.78, 5) is 59.7. The first-order valence-electron chi connectivity index (χ1n) is 15.8. The summed E-state index contributed by atoms with van der Waals surface area (Å²) in [7, 11) is -1.78. The average Bonchev–Trinajstić information content (AvgIpc) is 3.45. The third-order valence-electron chi connectivity index (χ3n) is 11.0. The van der Waals surface area contributed by atoms with E-state index >= 15 is 0 Å². The number of carbonyl (C=O) groups is 4. The SMILES string of the molecule is C[C@@]12C(=O)N(c3ccccc3)C(=O)[C@@H]1C[C@@H]1C(=CC[C@@H]3C(=O)N(c4cccc(B(O)O)c4)C(=O)[C@@H]31)[C@@H]2c1c(O)ccc2ccccc12. The van der Waals surface area contributed by atoms with Crippen LogP contribution >= 0.6 is 0 Å². The van der Waals surface area contributed by atoms with Gasteiger partial charge in [-0.2, -0.15) is 0 Å². The smallest absolute Gasteiger partial charge is 0.488 e. The second-order valence-corrected chi connectivity index (χ2v) is 13.2. The molecule has 4 aliphatic rings. The summed E-state index contributed by atoms with van der Waals surface area (Å²) < 4.78 is 0. The number of rotatable bonds is 4. The maximum Gasteiger partial charge on any atom is 0.488 e. The fraction of sp³-hybridized carbons (Fsp3) is 0.243. The Bertz CT molecular complexity index is 2040. The molecule has 2 heterocycles. The molecule has 10 heteroatoms. The summed E-state index contributed by atoms with van der Waals surface area (Å²) in [5.74, 6) is -5.21. The summed E-state index contributed by atoms with van der Waals surface area (Å²) in [5.41, 5.74) is 0.856. The van der Waals surface area contributed by atoms with Gasteiger partial charge < -0.3 is 15.2 Å². The van der Waals surface area contributed by atoms with E-state index in [1.54, 1.807) is 49.4 Å². The number of para-hydroxylation sites is 1. The number of hydrogen-bond acceptors (Lipinski definition) is 7. The van der Waals surface area contributed by atoms with Crippen LogP contribution in [0.1, 0.15) is 31.2 Å². The van der Waals surface area contributed by atoms with Crippen molar-refractivity contribution in [3.8, 4) is 5.75 Å². The first-order chi connectivity index (χ1) is 22.6. The van der Waals surface area contributed by atoms with E-state index in [0.29, 0.717) is 11.3 Å². The second kappa shape index (κ2) is 10.5. The Hall–Kier alpha value is -5.06. The van der Waals surface area contributed by atoms with Gasteiger partial charge in [-0.05, 0) is 72.3 Å². The van der Waals surface area contributed by atoms with Gasteiger partial charge in [0.15, 0.2) is 0 Å². The van der Waals surface area contributed by atoms with Gasteiger partial charge in [-0.25, -0.2) is 4.90 Å². The molecule has 0 radical (unpaired) electrons. The highest BCUT2D eigenvalue weighted by atomic mass is 16.4. The van der Waals surface area contributed by atoms with Gasteiger partial charge in [0.25, 0.3) is 0 Å². The number of phenols is 1. The Balaban J connectivity index is 1.31. The highest BCUT2D eigenvalue weighted by Crippen LogP contribution is 2.65. The summed E-state index contributed by atoms with van der Waals surface area (Å²) in [5, 5.41) is 32.7. The van der Waals surface area contributed by atoms with E-state index < -0.39 is 53.9 Å². The van der Waals surface area contributed by atoms with Gasteiger partial charge in [-0.15, -0.1) is 0 Å². The van der Waals surface area contributed by atoms with Gasteiger partial charge >= 0.3 is 7.12 Å². The highest BCUT2D eigenvalue weighted by Gasteiger charge is 2.68. The van der Waals surface area contributed by atoms with Crippen molar-refractivity contribution < 1.29 is 34.3 Å². The monoisotopic (exact) mass is 626 g/mol. The fourth-order valence-corrected chi connectivity index (χ4v) is 8.81. The molecule has 0 aromatic heterocycles. The Labute approximate surface area is 270 Å². The van der Waals surface area contributed by atoms with Crippen molar-refractivity contribution in [2.45, 2.75) is 25.7 Å². The minimum Gasteiger partial charge on any atom is -0.508 e. The maximum atomic E-state index is 14.7. The number of phenolic OH excluding ortho intramolecular Hbond substituents is 1. The van der Waals surface area contributed by atoms with Crippen LogP contribution in [0.5, 0.6) is 5.75 Å². The second-order valence-electron chi connectivity index (χ2n) is 13.2. The first kappa shape index (κ1) is 29.4. The zero-order valence-electron chi connectivity index (χ0n) is 25.5. The molecule has 9 nitrogen and oxygen atoms in total. The lowest BCUT2D eigenvalue weighted by molar-refractivity contribution is -0.131. The molecule has 3 N–H and O–H groups in total. The first-order valence-corrected chi connectivity index (χ1v) is 15.8. The zero-order chi connectivity index (χ0) is 32.8. The van der Waals surface area contributed by atoms with E-state index in [4.69, 9.17) is 0 Å². The molecule has 4 amide bonds. The molecule has 2 aliphatic heterocycles. The van der Waals surface area contributed by atoms with Crippen molar-refractivity contribution in [3.63, 3.8) is 0 Å². The van der Waals surface area contributed by atoms with Crippen LogP contribution in [0.4, 0.5) is 11.4 Å². The van der Waals surface area contributed by atoms with Crippen molar-refractivity contribution in [1.82, 2.24) is 0 Å². The summed E-state index contributed by atoms with van der Waals surface area (Å²) >= 11 is 0. The largest absolute Gasteiger partial charge is 0.508 e. The predicted molar refractivity (Wildman–Crippen MR) is 175 cm³/mol. The van der Waals surface area contributed by atoms with Crippen molar-refractivity contribution >= 4 is 58.4 Å². The number of hydrogen-bond donors (Lipinski definition) is 3. The molecule has 2 aliphatic carbocycles. The Morgan fingerprint density at radius 3 is 2.26 bits per heavy atom. The molecule has 47 heavy (non-hydrogen) atoms. The van der Waals surface area contributed by atoms with Gasteiger partial charge in [0.05, 0.1) is 34.5 Å². The third-order valence-corrected chi connectivity index (χ3v) is 11.0. The number of carbonyl (C=O) groups excluding carboxylic acids is 4. The Morgan fingerprint density at radius 2 is 1.49 bits per heavy atom. The standard InChI is InChI=1S/C37H31BN2O7/c1-37-28(34(43)40(36(37)45)22-10-3-2-4-11-22)19-27-25(32(37)31-24-13-6-5-8-20(24)14-17-29(31)41)15-16-26-30(27)35(44)39(33(26)42)23-12-7-9-21(18-23)38(46)47/h2-15,17-18,26-28,30,32,41,46-47H,16,19H2,1H3/t26-,27+,28-,30-,32+,37+/m0/s1. The van der Waals surface area contributed by atoms with E-state index in [1.165, 1.54) is 17.0 Å². The Morgan fingerprint density at radius 1 is 0.766 bits per heavy atom. The number of allylic oxidation sites excluding steroid dienone is 2. The summed E-state index contributed by atoms with van der Waals surface area (Å²) in [6.07, 6.45) is 2.37. The van der Waals surface area contributed by atoms with Gasteiger partial charge in [0.1, 0.15) is 5.75 Å². The van der Waals surface area contributed by atoms with E-state index in [9.17, 15) is 34.3 Å². The summed E-state index contributed by atoms with van der Waals surface area (Å²) in [6.45, 7) is 1.80. The lowest BCUT2D eigenvalue weighted by Gasteiger charge is -2.49. The van der Waals surface area contributed by atoms with Crippen LogP contribution in [0, 0.1) is 29.1 Å². The predicted octanol–water partition coefficient (Wildman–Crippen LogP) is 3.66. The van der Waals surface area contributed by atoms with Crippen molar-refractivity contribution in [3.05, 3.63) is 108 Å². The van der Waals surface area contributed by atoms with E-state index in [1.807, 2.05) is 42.5 Å². The summed E-state index contributed by atoms with van der Waals surface area (Å²) in [6, 6.07) is 25.8. The number of anilines is 2.